The molecule has 0 saturated carbocycles. The van der Waals surface area contributed by atoms with Crippen LogP contribution in [0.4, 0.5) is 5.69 Å². The molecule has 0 aromatic heterocycles. The van der Waals surface area contributed by atoms with Gasteiger partial charge in [-0.1, -0.05) is 41.9 Å². The van der Waals surface area contributed by atoms with Crippen molar-refractivity contribution < 1.29 is 9.53 Å². The predicted octanol–water partition coefficient (Wildman–Crippen LogP) is 3.48. The van der Waals surface area contributed by atoms with E-state index in [1.807, 2.05) is 53.4 Å². The Balaban J connectivity index is 1.47. The molecule has 0 radical (unpaired) electrons. The number of halogens is 1. The van der Waals surface area contributed by atoms with Gasteiger partial charge in [0.2, 0.25) is 0 Å². The molecular weight excluding hydrogens is 374 g/mol. The van der Waals surface area contributed by atoms with E-state index in [2.05, 4.69) is 4.90 Å². The molecule has 148 valence electrons. The monoisotopic (exact) mass is 399 g/mol. The molecule has 0 aliphatic carbocycles. The van der Waals surface area contributed by atoms with Gasteiger partial charge in [0, 0.05) is 31.4 Å². The Morgan fingerprint density at radius 1 is 1.07 bits per heavy atom. The summed E-state index contributed by atoms with van der Waals surface area (Å²) in [4.78, 5) is 17.2. The van der Waals surface area contributed by atoms with Crippen LogP contribution in [0.3, 0.4) is 0 Å². The number of carbonyl (C=O) groups is 1. The molecule has 0 unspecified atom stereocenters. The number of piperidine rings is 1. The van der Waals surface area contributed by atoms with Crippen LogP contribution in [0.5, 0.6) is 0 Å². The van der Waals surface area contributed by atoms with Crippen molar-refractivity contribution in [3.8, 4) is 0 Å². The molecule has 0 bridgehead atoms. The van der Waals surface area contributed by atoms with E-state index >= 15 is 0 Å². The summed E-state index contributed by atoms with van der Waals surface area (Å²) < 4.78 is 5.87. The van der Waals surface area contributed by atoms with Gasteiger partial charge in [0.05, 0.1) is 23.7 Å². The highest BCUT2D eigenvalue weighted by molar-refractivity contribution is 6.34. The minimum absolute atomic E-state index is 0.0403. The van der Waals surface area contributed by atoms with Gasteiger partial charge in [0.1, 0.15) is 6.10 Å². The second-order valence-electron chi connectivity index (χ2n) is 7.51. The minimum atomic E-state index is -0.102. The first-order valence-electron chi connectivity index (χ1n) is 9.88. The molecule has 1 amide bonds. The predicted molar refractivity (Wildman–Crippen MR) is 112 cm³/mol. The van der Waals surface area contributed by atoms with Gasteiger partial charge in [0.15, 0.2) is 0 Å². The molecule has 2 saturated heterocycles. The third-order valence-electron chi connectivity index (χ3n) is 5.61. The molecule has 2 heterocycles. The Morgan fingerprint density at radius 3 is 2.54 bits per heavy atom. The van der Waals surface area contributed by atoms with Gasteiger partial charge in [-0.05, 0) is 36.6 Å². The topological polar surface area (TPSA) is 58.8 Å². The first-order chi connectivity index (χ1) is 13.6. The first kappa shape index (κ1) is 19.2. The van der Waals surface area contributed by atoms with Crippen LogP contribution in [0, 0.1) is 0 Å². The van der Waals surface area contributed by atoms with Crippen molar-refractivity contribution in [1.29, 1.82) is 0 Å². The van der Waals surface area contributed by atoms with Gasteiger partial charge in [-0.3, -0.25) is 4.79 Å². The minimum Gasteiger partial charge on any atom is -0.371 e. The third kappa shape index (κ3) is 4.17. The molecule has 4 rings (SSSR count). The first-order valence-corrected chi connectivity index (χ1v) is 10.3. The van der Waals surface area contributed by atoms with E-state index in [1.54, 1.807) is 0 Å². The fourth-order valence-electron chi connectivity index (χ4n) is 3.91. The van der Waals surface area contributed by atoms with Crippen LogP contribution >= 0.6 is 11.6 Å². The maximum atomic E-state index is 13.1. The number of carbonyl (C=O) groups excluding carboxylic acids is 1. The van der Waals surface area contributed by atoms with E-state index in [1.165, 1.54) is 0 Å². The molecule has 5 nitrogen and oxygen atoms in total. The van der Waals surface area contributed by atoms with Gasteiger partial charge >= 0.3 is 0 Å². The normalized spacial score (nSPS) is 21.0. The fraction of sp³-hybridized carbons (Fsp3) is 0.409. The van der Waals surface area contributed by atoms with Gasteiger partial charge in [0.25, 0.3) is 5.91 Å². The van der Waals surface area contributed by atoms with Gasteiger partial charge < -0.3 is 20.3 Å². The molecule has 2 fully saturated rings. The molecule has 2 N–H and O–H groups in total. The van der Waals surface area contributed by atoms with E-state index in [9.17, 15) is 4.79 Å². The molecule has 0 spiro atoms. The maximum absolute atomic E-state index is 13.1. The lowest BCUT2D eigenvalue weighted by molar-refractivity contribution is -0.0228. The number of hydrogen-bond donors (Lipinski definition) is 1. The number of anilines is 1. The summed E-state index contributed by atoms with van der Waals surface area (Å²) in [5.41, 5.74) is 8.68. The lowest BCUT2D eigenvalue weighted by Crippen LogP contribution is -2.42. The van der Waals surface area contributed by atoms with Crippen molar-refractivity contribution in [2.45, 2.75) is 25.0 Å². The summed E-state index contributed by atoms with van der Waals surface area (Å²) >= 11 is 6.51. The number of nitrogens with two attached hydrogens (primary N) is 1. The van der Waals surface area contributed by atoms with E-state index in [-0.39, 0.29) is 18.1 Å². The van der Waals surface area contributed by atoms with Crippen LogP contribution in [0.15, 0.2) is 48.5 Å². The second kappa shape index (κ2) is 8.52. The van der Waals surface area contributed by atoms with E-state index < -0.39 is 0 Å². The summed E-state index contributed by atoms with van der Waals surface area (Å²) in [6, 6.07) is 16.0. The molecule has 28 heavy (non-hydrogen) atoms. The van der Waals surface area contributed by atoms with Crippen LogP contribution < -0.4 is 10.6 Å². The van der Waals surface area contributed by atoms with Crippen LogP contribution in [-0.4, -0.2) is 49.6 Å². The van der Waals surface area contributed by atoms with Crippen molar-refractivity contribution in [3.05, 3.63) is 64.7 Å². The van der Waals surface area contributed by atoms with Gasteiger partial charge in [-0.2, -0.15) is 0 Å². The molecule has 2 aliphatic heterocycles. The highest BCUT2D eigenvalue weighted by Gasteiger charge is 2.27. The standard InChI is InChI=1S/C22H26ClN3O2/c23-20-14-18(25-10-8-17(24)9-11-25)6-7-19(20)22(27)26-12-13-28-21(15-26)16-4-2-1-3-5-16/h1-7,14,17,21H,8-13,15,24H2/t21-/m1/s1. The smallest absolute Gasteiger partial charge is 0.255 e. The Morgan fingerprint density at radius 2 is 1.82 bits per heavy atom. The summed E-state index contributed by atoms with van der Waals surface area (Å²) in [6.07, 6.45) is 1.86. The van der Waals surface area contributed by atoms with Crippen LogP contribution in [-0.2, 0) is 4.74 Å². The zero-order valence-electron chi connectivity index (χ0n) is 15.9. The van der Waals surface area contributed by atoms with Crippen molar-refractivity contribution in [2.75, 3.05) is 37.7 Å². The number of morpholine rings is 1. The SMILES string of the molecule is NC1CCN(c2ccc(C(=O)N3CCO[C@@H](c4ccccc4)C3)c(Cl)c2)CC1. The van der Waals surface area contributed by atoms with Crippen molar-refractivity contribution in [2.24, 2.45) is 5.73 Å². The number of hydrogen-bond acceptors (Lipinski definition) is 4. The van der Waals surface area contributed by atoms with Crippen LogP contribution in [0.25, 0.3) is 0 Å². The zero-order valence-corrected chi connectivity index (χ0v) is 16.6. The lowest BCUT2D eigenvalue weighted by Gasteiger charge is -2.34. The zero-order chi connectivity index (χ0) is 19.5. The second-order valence-corrected chi connectivity index (χ2v) is 7.92. The summed E-state index contributed by atoms with van der Waals surface area (Å²) in [6.45, 7) is 3.48. The number of benzene rings is 2. The highest BCUT2D eigenvalue weighted by atomic mass is 35.5. The van der Waals surface area contributed by atoms with Crippen LogP contribution in [0.1, 0.15) is 34.9 Å². The van der Waals surface area contributed by atoms with Gasteiger partial charge in [-0.25, -0.2) is 0 Å². The molecule has 1 atom stereocenters. The van der Waals surface area contributed by atoms with Crippen molar-refractivity contribution in [3.63, 3.8) is 0 Å². The van der Waals surface area contributed by atoms with Crippen LogP contribution in [0.2, 0.25) is 5.02 Å². The lowest BCUT2D eigenvalue weighted by atomic mass is 10.0. The largest absolute Gasteiger partial charge is 0.371 e. The van der Waals surface area contributed by atoms with E-state index in [4.69, 9.17) is 22.1 Å². The summed E-state index contributed by atoms with van der Waals surface area (Å²) in [5, 5.41) is 0.500. The summed E-state index contributed by atoms with van der Waals surface area (Å²) in [7, 11) is 0. The Bertz CT molecular complexity index is 822. The Labute approximate surface area is 171 Å². The molecular formula is C22H26ClN3O2. The average Bonchev–Trinajstić information content (AvgIpc) is 2.74. The molecule has 2 aromatic rings. The third-order valence-corrected chi connectivity index (χ3v) is 5.93. The Kier molecular flexibility index (Phi) is 5.85. The van der Waals surface area contributed by atoms with Gasteiger partial charge in [-0.15, -0.1) is 0 Å². The summed E-state index contributed by atoms with van der Waals surface area (Å²) in [5.74, 6) is -0.0403. The van der Waals surface area contributed by atoms with E-state index in [0.29, 0.717) is 30.3 Å². The van der Waals surface area contributed by atoms with Crippen molar-refractivity contribution >= 4 is 23.2 Å². The maximum Gasteiger partial charge on any atom is 0.255 e. The van der Waals surface area contributed by atoms with Crippen molar-refractivity contribution in [1.82, 2.24) is 4.90 Å². The highest BCUT2D eigenvalue weighted by Crippen LogP contribution is 2.29. The molecule has 2 aliphatic rings. The molecule has 2 aromatic carbocycles. The quantitative estimate of drug-likeness (QED) is 0.858. The fourth-order valence-corrected chi connectivity index (χ4v) is 4.16. The average molecular weight is 400 g/mol. The molecule has 6 heteroatoms. The number of nitrogens with zero attached hydrogens (tertiary/aromatic N) is 2. The Hall–Kier alpha value is -2.08. The number of amides is 1. The number of rotatable bonds is 3. The van der Waals surface area contributed by atoms with E-state index in [0.717, 1.165) is 37.2 Å². The number of ether oxygens (including phenoxy) is 1.